The Kier molecular flexibility index (Phi) is 4.01. The van der Waals surface area contributed by atoms with Gasteiger partial charge in [-0.3, -0.25) is 4.79 Å². The molecule has 0 atom stereocenters. The topological polar surface area (TPSA) is 51.5 Å². The highest BCUT2D eigenvalue weighted by Crippen LogP contribution is 2.62. The molecule has 31 heavy (non-hydrogen) atoms. The third-order valence-corrected chi connectivity index (χ3v) is 7.00. The minimum absolute atomic E-state index is 0.282. The molecular formula is C25H25F2NO3. The van der Waals surface area contributed by atoms with Crippen LogP contribution in [0.25, 0.3) is 16.6 Å². The number of ether oxygens (including phenoxy) is 1. The van der Waals surface area contributed by atoms with Crippen molar-refractivity contribution < 1.29 is 23.4 Å². The number of rotatable bonds is 2. The zero-order chi connectivity index (χ0) is 22.3. The molecule has 4 nitrogen and oxygen atoms in total. The molecule has 3 aromatic rings. The van der Waals surface area contributed by atoms with Gasteiger partial charge >= 0.3 is 5.97 Å². The van der Waals surface area contributed by atoms with E-state index in [0.29, 0.717) is 25.0 Å². The minimum atomic E-state index is -0.882. The summed E-state index contributed by atoms with van der Waals surface area (Å²) in [5.41, 5.74) is 1.89. The first kappa shape index (κ1) is 20.2. The summed E-state index contributed by atoms with van der Waals surface area (Å²) in [6.07, 6.45) is 0.660. The summed E-state index contributed by atoms with van der Waals surface area (Å²) >= 11 is 0. The molecule has 6 heteroatoms. The highest BCUT2D eigenvalue weighted by atomic mass is 19.1. The number of nitrogens with zero attached hydrogens (tertiary/aromatic N) is 1. The second-order valence-corrected chi connectivity index (χ2v) is 10.0. The summed E-state index contributed by atoms with van der Waals surface area (Å²) in [6, 6.07) is 9.62. The van der Waals surface area contributed by atoms with Crippen LogP contribution in [0.4, 0.5) is 8.78 Å². The summed E-state index contributed by atoms with van der Waals surface area (Å²) in [5, 5.41) is 10.4. The molecule has 5 rings (SSSR count). The number of benzene rings is 2. The number of aliphatic carboxylic acids is 1. The van der Waals surface area contributed by atoms with Gasteiger partial charge < -0.3 is 14.4 Å². The van der Waals surface area contributed by atoms with Gasteiger partial charge in [0.2, 0.25) is 0 Å². The van der Waals surface area contributed by atoms with Crippen molar-refractivity contribution in [3.63, 3.8) is 0 Å². The van der Waals surface area contributed by atoms with Crippen molar-refractivity contribution in [1.82, 2.24) is 4.57 Å². The van der Waals surface area contributed by atoms with Gasteiger partial charge in [0.1, 0.15) is 11.6 Å². The van der Waals surface area contributed by atoms with Crippen LogP contribution in [0.15, 0.2) is 36.4 Å². The lowest BCUT2D eigenvalue weighted by Crippen LogP contribution is -2.57. The molecule has 0 saturated heterocycles. The molecule has 1 saturated carbocycles. The number of carbonyl (C=O) groups is 1. The quantitative estimate of drug-likeness (QED) is 0.581. The molecule has 0 radical (unpaired) electrons. The average molecular weight is 425 g/mol. The summed E-state index contributed by atoms with van der Waals surface area (Å²) in [6.45, 7) is 7.99. The maximum absolute atomic E-state index is 14.4. The molecule has 2 aromatic carbocycles. The van der Waals surface area contributed by atoms with E-state index >= 15 is 0 Å². The fraction of sp³-hybridized carbons (Fsp3) is 0.400. The van der Waals surface area contributed by atoms with Gasteiger partial charge in [-0.05, 0) is 68.7 Å². The van der Waals surface area contributed by atoms with Gasteiger partial charge in [0.05, 0.1) is 23.1 Å². The maximum Gasteiger partial charge on any atom is 0.309 e. The SMILES string of the molecule is Cc1cc(-n2c3c(c4cc(F)ccc42)[C@]2(C[C@](C)(C(=O)O)C2)OCC3(C)C)ccc1F. The van der Waals surface area contributed by atoms with Gasteiger partial charge in [-0.15, -0.1) is 0 Å². The Hall–Kier alpha value is -2.73. The highest BCUT2D eigenvalue weighted by Gasteiger charge is 2.62. The first-order chi connectivity index (χ1) is 14.5. The number of carboxylic acids is 1. The van der Waals surface area contributed by atoms with E-state index < -0.39 is 22.4 Å². The molecule has 0 bridgehead atoms. The smallest absolute Gasteiger partial charge is 0.309 e. The molecule has 1 aliphatic carbocycles. The van der Waals surface area contributed by atoms with Crippen LogP contribution in [0.2, 0.25) is 0 Å². The molecule has 1 N–H and O–H groups in total. The number of hydrogen-bond acceptors (Lipinski definition) is 2. The molecule has 2 aliphatic rings. The Bertz CT molecular complexity index is 1250. The average Bonchev–Trinajstić information content (AvgIpc) is 3.02. The van der Waals surface area contributed by atoms with Gasteiger partial charge in [-0.25, -0.2) is 8.78 Å². The van der Waals surface area contributed by atoms with Crippen LogP contribution in [-0.2, 0) is 20.5 Å². The first-order valence-electron chi connectivity index (χ1n) is 10.5. The van der Waals surface area contributed by atoms with E-state index in [4.69, 9.17) is 4.74 Å². The van der Waals surface area contributed by atoms with Gasteiger partial charge in [-0.1, -0.05) is 13.8 Å². The number of aromatic nitrogens is 1. The Morgan fingerprint density at radius 1 is 1.10 bits per heavy atom. The first-order valence-corrected chi connectivity index (χ1v) is 10.5. The molecule has 0 amide bonds. The van der Waals surface area contributed by atoms with E-state index in [1.165, 1.54) is 18.2 Å². The van der Waals surface area contributed by atoms with Crippen LogP contribution in [0, 0.1) is 24.0 Å². The van der Waals surface area contributed by atoms with Crippen LogP contribution in [-0.4, -0.2) is 22.2 Å². The zero-order valence-corrected chi connectivity index (χ0v) is 18.1. The maximum atomic E-state index is 14.4. The van der Waals surface area contributed by atoms with E-state index in [2.05, 4.69) is 18.4 Å². The van der Waals surface area contributed by atoms with E-state index in [0.717, 1.165) is 27.8 Å². The lowest BCUT2D eigenvalue weighted by molar-refractivity contribution is -0.205. The van der Waals surface area contributed by atoms with Crippen LogP contribution in [0.1, 0.15) is 50.4 Å². The lowest BCUT2D eigenvalue weighted by atomic mass is 9.55. The minimum Gasteiger partial charge on any atom is -0.481 e. The number of halogens is 2. The van der Waals surface area contributed by atoms with E-state index in [-0.39, 0.29) is 11.6 Å². The predicted octanol–water partition coefficient (Wildman–Crippen LogP) is 5.60. The summed E-state index contributed by atoms with van der Waals surface area (Å²) < 4.78 is 36.8. The summed E-state index contributed by atoms with van der Waals surface area (Å²) in [5.74, 6) is -1.49. The highest BCUT2D eigenvalue weighted by molar-refractivity contribution is 5.90. The lowest BCUT2D eigenvalue weighted by Gasteiger charge is -2.56. The standard InChI is InChI=1S/C25H25F2NO3/c1-14-9-16(6-7-18(14)27)28-19-8-5-15(26)10-17(19)20-21(28)23(2,3)13-31-25(20)11-24(4,12-25)22(29)30/h5-10H,11-13H2,1-4H3,(H,29,30)/t24-,25+. The fourth-order valence-corrected chi connectivity index (χ4v) is 5.50. The molecule has 1 fully saturated rings. The van der Waals surface area contributed by atoms with E-state index in [1.807, 2.05) is 0 Å². The summed E-state index contributed by atoms with van der Waals surface area (Å²) in [4.78, 5) is 11.8. The third-order valence-electron chi connectivity index (χ3n) is 7.00. The Morgan fingerprint density at radius 2 is 1.81 bits per heavy atom. The van der Waals surface area contributed by atoms with Crippen molar-refractivity contribution in [3.8, 4) is 5.69 Å². The Balaban J connectivity index is 1.85. The molecule has 162 valence electrons. The number of hydrogen-bond donors (Lipinski definition) is 1. The largest absolute Gasteiger partial charge is 0.481 e. The number of carboxylic acid groups (broad SMARTS) is 1. The second-order valence-electron chi connectivity index (χ2n) is 10.0. The molecule has 1 spiro atoms. The predicted molar refractivity (Wildman–Crippen MR) is 114 cm³/mol. The Morgan fingerprint density at radius 3 is 2.45 bits per heavy atom. The van der Waals surface area contributed by atoms with Gasteiger partial charge in [0, 0.05) is 27.7 Å². The van der Waals surface area contributed by atoms with Gasteiger partial charge in [0.15, 0.2) is 0 Å². The molecular weight excluding hydrogens is 400 g/mol. The summed E-state index contributed by atoms with van der Waals surface area (Å²) in [7, 11) is 0. The number of aryl methyl sites for hydroxylation is 1. The molecule has 1 aliphatic heterocycles. The normalized spacial score (nSPS) is 26.6. The van der Waals surface area contributed by atoms with Crippen molar-refractivity contribution >= 4 is 16.9 Å². The van der Waals surface area contributed by atoms with Crippen molar-refractivity contribution in [1.29, 1.82) is 0 Å². The molecule has 0 unspecified atom stereocenters. The van der Waals surface area contributed by atoms with Crippen LogP contribution < -0.4 is 0 Å². The van der Waals surface area contributed by atoms with Gasteiger partial charge in [0.25, 0.3) is 0 Å². The van der Waals surface area contributed by atoms with Crippen molar-refractivity contribution in [2.75, 3.05) is 6.61 Å². The van der Waals surface area contributed by atoms with Gasteiger partial charge in [-0.2, -0.15) is 0 Å². The van der Waals surface area contributed by atoms with E-state index in [1.54, 1.807) is 32.0 Å². The third kappa shape index (κ3) is 2.70. The zero-order valence-electron chi connectivity index (χ0n) is 18.1. The Labute approximate surface area is 179 Å². The van der Waals surface area contributed by atoms with Crippen molar-refractivity contribution in [2.24, 2.45) is 5.41 Å². The second kappa shape index (κ2) is 6.16. The van der Waals surface area contributed by atoms with Crippen molar-refractivity contribution in [2.45, 2.75) is 51.6 Å². The van der Waals surface area contributed by atoms with Crippen LogP contribution in [0.3, 0.4) is 0 Å². The van der Waals surface area contributed by atoms with Crippen LogP contribution in [0.5, 0.6) is 0 Å². The molecule has 2 heterocycles. The van der Waals surface area contributed by atoms with Crippen LogP contribution >= 0.6 is 0 Å². The van der Waals surface area contributed by atoms with E-state index in [9.17, 15) is 18.7 Å². The fourth-order valence-electron chi connectivity index (χ4n) is 5.50. The van der Waals surface area contributed by atoms with Crippen molar-refractivity contribution in [3.05, 3.63) is 64.9 Å². The number of fused-ring (bicyclic) bond motifs is 4. The monoisotopic (exact) mass is 425 g/mol. The molecule has 1 aromatic heterocycles.